The van der Waals surface area contributed by atoms with E-state index in [1.165, 1.54) is 0 Å². The van der Waals surface area contributed by atoms with Crippen LogP contribution >= 0.6 is 11.6 Å². The molecule has 0 spiro atoms. The van der Waals surface area contributed by atoms with E-state index in [1.807, 2.05) is 53.7 Å². The lowest BCUT2D eigenvalue weighted by Gasteiger charge is -2.37. The molecular weight excluding hydrogens is 380 g/mol. The van der Waals surface area contributed by atoms with Gasteiger partial charge in [-0.3, -0.25) is 4.79 Å². The Morgan fingerprint density at radius 3 is 2.07 bits per heavy atom. The number of ether oxygens (including phenoxy) is 2. The molecule has 1 aromatic rings. The summed E-state index contributed by atoms with van der Waals surface area (Å²) in [5.41, 5.74) is 0.701. The Kier molecular flexibility index (Phi) is 6.86. The number of esters is 1. The Balaban J connectivity index is 2.01. The predicted octanol–water partition coefficient (Wildman–Crippen LogP) is 4.28. The zero-order valence-electron chi connectivity index (χ0n) is 17.7. The lowest BCUT2D eigenvalue weighted by molar-refractivity contribution is -0.153. The van der Waals surface area contributed by atoms with Gasteiger partial charge >= 0.3 is 12.1 Å². The lowest BCUT2D eigenvalue weighted by Crippen LogP contribution is -2.50. The fourth-order valence-corrected chi connectivity index (χ4v) is 3.15. The number of carbonyl (C=O) groups excluding carboxylic acids is 2. The van der Waals surface area contributed by atoms with Gasteiger partial charge in [0.2, 0.25) is 0 Å². The average molecular weight is 411 g/mol. The smallest absolute Gasteiger partial charge is 0.410 e. The number of piperazine rings is 1. The number of halogens is 1. The minimum absolute atomic E-state index is 0.194. The van der Waals surface area contributed by atoms with Gasteiger partial charge in [0, 0.05) is 26.2 Å². The van der Waals surface area contributed by atoms with Crippen LogP contribution in [0.4, 0.5) is 10.5 Å². The van der Waals surface area contributed by atoms with Crippen molar-refractivity contribution in [3.05, 3.63) is 28.8 Å². The zero-order valence-corrected chi connectivity index (χ0v) is 18.4. The van der Waals surface area contributed by atoms with E-state index in [0.717, 1.165) is 11.3 Å². The molecule has 0 atom stereocenters. The van der Waals surface area contributed by atoms with Crippen LogP contribution in [0.3, 0.4) is 0 Å². The Labute approximate surface area is 172 Å². The summed E-state index contributed by atoms with van der Waals surface area (Å²) in [6, 6.07) is 5.57. The first kappa shape index (κ1) is 22.3. The fraction of sp³-hybridized carbons (Fsp3) is 0.619. The van der Waals surface area contributed by atoms with Crippen LogP contribution in [0.2, 0.25) is 5.02 Å². The van der Waals surface area contributed by atoms with Gasteiger partial charge in [-0.2, -0.15) is 0 Å². The van der Waals surface area contributed by atoms with Crippen molar-refractivity contribution in [2.75, 3.05) is 31.1 Å². The van der Waals surface area contributed by atoms with Gasteiger partial charge in [-0.25, -0.2) is 4.79 Å². The van der Waals surface area contributed by atoms with E-state index in [1.54, 1.807) is 11.0 Å². The van der Waals surface area contributed by atoms with Crippen LogP contribution in [0, 0.1) is 0 Å². The molecule has 0 radical (unpaired) electrons. The third-order valence-electron chi connectivity index (χ3n) is 4.05. The monoisotopic (exact) mass is 410 g/mol. The van der Waals surface area contributed by atoms with Gasteiger partial charge < -0.3 is 19.3 Å². The van der Waals surface area contributed by atoms with Crippen molar-refractivity contribution in [2.45, 2.75) is 59.2 Å². The Morgan fingerprint density at radius 1 is 0.964 bits per heavy atom. The summed E-state index contributed by atoms with van der Waals surface area (Å²) >= 11 is 6.40. The molecule has 1 fully saturated rings. The number of carbonyl (C=O) groups is 2. The van der Waals surface area contributed by atoms with E-state index in [0.29, 0.717) is 31.2 Å². The molecule has 1 amide bonds. The molecule has 0 unspecified atom stereocenters. The van der Waals surface area contributed by atoms with Crippen molar-refractivity contribution in [3.8, 4) is 0 Å². The Hall–Kier alpha value is -1.95. The molecule has 1 aliphatic heterocycles. The number of benzene rings is 1. The summed E-state index contributed by atoms with van der Waals surface area (Å²) in [5.74, 6) is -0.268. The van der Waals surface area contributed by atoms with Gasteiger partial charge in [-0.1, -0.05) is 17.7 Å². The number of hydrogen-bond acceptors (Lipinski definition) is 5. The van der Waals surface area contributed by atoms with E-state index < -0.39 is 11.2 Å². The highest BCUT2D eigenvalue weighted by atomic mass is 35.5. The van der Waals surface area contributed by atoms with E-state index in [9.17, 15) is 9.59 Å². The quantitative estimate of drug-likeness (QED) is 0.696. The second kappa shape index (κ2) is 8.60. The maximum atomic E-state index is 12.2. The van der Waals surface area contributed by atoms with Crippen molar-refractivity contribution in [3.63, 3.8) is 0 Å². The van der Waals surface area contributed by atoms with Gasteiger partial charge in [-0.15, -0.1) is 0 Å². The normalized spacial score (nSPS) is 15.4. The molecule has 0 aliphatic carbocycles. The molecule has 0 bridgehead atoms. The highest BCUT2D eigenvalue weighted by molar-refractivity contribution is 6.33. The zero-order chi connectivity index (χ0) is 21.1. The lowest BCUT2D eigenvalue weighted by atomic mass is 10.1. The summed E-state index contributed by atoms with van der Waals surface area (Å²) < 4.78 is 10.8. The largest absolute Gasteiger partial charge is 0.460 e. The van der Waals surface area contributed by atoms with Crippen LogP contribution in [0.25, 0.3) is 0 Å². The van der Waals surface area contributed by atoms with Crippen LogP contribution < -0.4 is 4.90 Å². The third kappa shape index (κ3) is 6.89. The number of hydrogen-bond donors (Lipinski definition) is 0. The molecule has 6 nitrogen and oxygen atoms in total. The first-order valence-corrected chi connectivity index (χ1v) is 9.95. The first-order chi connectivity index (χ1) is 12.8. The number of amides is 1. The highest BCUT2D eigenvalue weighted by Crippen LogP contribution is 2.29. The minimum atomic E-state index is -0.510. The molecule has 28 heavy (non-hydrogen) atoms. The highest BCUT2D eigenvalue weighted by Gasteiger charge is 2.27. The van der Waals surface area contributed by atoms with E-state index >= 15 is 0 Å². The number of anilines is 1. The van der Waals surface area contributed by atoms with Gasteiger partial charge in [-0.05, 0) is 59.2 Å². The Morgan fingerprint density at radius 2 is 1.54 bits per heavy atom. The van der Waals surface area contributed by atoms with Crippen LogP contribution in [0.5, 0.6) is 0 Å². The second-order valence-corrected chi connectivity index (χ2v) is 9.41. The molecule has 0 aromatic heterocycles. The van der Waals surface area contributed by atoms with Crippen molar-refractivity contribution < 1.29 is 19.1 Å². The molecule has 0 N–H and O–H groups in total. The minimum Gasteiger partial charge on any atom is -0.460 e. The van der Waals surface area contributed by atoms with Gasteiger partial charge in [0.25, 0.3) is 0 Å². The van der Waals surface area contributed by atoms with Crippen molar-refractivity contribution in [1.82, 2.24) is 4.90 Å². The summed E-state index contributed by atoms with van der Waals surface area (Å²) in [4.78, 5) is 28.2. The first-order valence-electron chi connectivity index (χ1n) is 9.57. The molecule has 1 heterocycles. The van der Waals surface area contributed by atoms with Crippen LogP contribution in [0.15, 0.2) is 18.2 Å². The standard InChI is InChI=1S/C21H31ClN2O4/c1-20(2,3)27-18(25)14-15-7-8-16(22)17(13-15)23-9-11-24(12-10-23)19(26)28-21(4,5)6/h7-8,13H,9-12,14H2,1-6H3. The van der Waals surface area contributed by atoms with Crippen molar-refractivity contribution >= 4 is 29.4 Å². The van der Waals surface area contributed by atoms with Crippen LogP contribution in [-0.4, -0.2) is 54.3 Å². The van der Waals surface area contributed by atoms with E-state index in [2.05, 4.69) is 4.90 Å². The second-order valence-electron chi connectivity index (χ2n) is 9.00. The average Bonchev–Trinajstić information content (AvgIpc) is 2.53. The van der Waals surface area contributed by atoms with E-state index in [-0.39, 0.29) is 18.5 Å². The number of rotatable bonds is 3. The van der Waals surface area contributed by atoms with Crippen molar-refractivity contribution in [1.29, 1.82) is 0 Å². The molecule has 1 aromatic carbocycles. The Bertz CT molecular complexity index is 714. The molecule has 1 aliphatic rings. The molecule has 156 valence electrons. The summed E-state index contributed by atoms with van der Waals surface area (Å²) in [7, 11) is 0. The predicted molar refractivity (Wildman–Crippen MR) is 111 cm³/mol. The van der Waals surface area contributed by atoms with E-state index in [4.69, 9.17) is 21.1 Å². The van der Waals surface area contributed by atoms with Crippen LogP contribution in [0.1, 0.15) is 47.1 Å². The van der Waals surface area contributed by atoms with Gasteiger partial charge in [0.15, 0.2) is 0 Å². The summed E-state index contributed by atoms with van der Waals surface area (Å²) in [5, 5.41) is 0.624. The maximum Gasteiger partial charge on any atom is 0.410 e. The maximum absolute atomic E-state index is 12.2. The topological polar surface area (TPSA) is 59.1 Å². The number of nitrogens with zero attached hydrogens (tertiary/aromatic N) is 2. The molecular formula is C21H31ClN2O4. The van der Waals surface area contributed by atoms with Crippen molar-refractivity contribution in [2.24, 2.45) is 0 Å². The summed E-state index contributed by atoms with van der Waals surface area (Å²) in [6.45, 7) is 13.5. The third-order valence-corrected chi connectivity index (χ3v) is 4.37. The summed E-state index contributed by atoms with van der Waals surface area (Å²) in [6.07, 6.45) is -0.101. The molecule has 2 rings (SSSR count). The SMILES string of the molecule is CC(C)(C)OC(=O)Cc1ccc(Cl)c(N2CCN(C(=O)OC(C)(C)C)CC2)c1. The molecule has 7 heteroatoms. The van der Waals surface area contributed by atoms with Crippen LogP contribution in [-0.2, 0) is 20.7 Å². The molecule has 0 saturated carbocycles. The molecule has 1 saturated heterocycles. The van der Waals surface area contributed by atoms with Gasteiger partial charge in [0.05, 0.1) is 17.1 Å². The fourth-order valence-electron chi connectivity index (χ4n) is 2.91. The van der Waals surface area contributed by atoms with Gasteiger partial charge in [0.1, 0.15) is 11.2 Å².